The molecule has 0 saturated heterocycles. The normalized spacial score (nSPS) is 11.9. The first kappa shape index (κ1) is 16.4. The maximum atomic E-state index is 12.3. The van der Waals surface area contributed by atoms with Crippen molar-refractivity contribution in [2.75, 3.05) is 5.32 Å². The summed E-state index contributed by atoms with van der Waals surface area (Å²) in [4.78, 5) is 20.8. The van der Waals surface area contributed by atoms with Crippen LogP contribution < -0.4 is 10.6 Å². The first-order chi connectivity index (χ1) is 11.6. The molecule has 0 aliphatic rings. The van der Waals surface area contributed by atoms with Crippen LogP contribution in [0.4, 0.5) is 5.82 Å². The Balaban J connectivity index is 1.69. The molecule has 2 aromatic carbocycles. The summed E-state index contributed by atoms with van der Waals surface area (Å²) in [7, 11) is 0. The van der Waals surface area contributed by atoms with Crippen LogP contribution in [-0.2, 0) is 11.3 Å². The molecule has 0 spiro atoms. The van der Waals surface area contributed by atoms with E-state index >= 15 is 0 Å². The van der Waals surface area contributed by atoms with Gasteiger partial charge in [-0.15, -0.1) is 0 Å². The fraction of sp³-hybridized carbons (Fsp3) is 0.167. The zero-order chi connectivity index (χ0) is 16.9. The van der Waals surface area contributed by atoms with Crippen LogP contribution >= 0.6 is 15.9 Å². The SMILES string of the molecule is CC(Nc1ncnc2ccc(Br)cc12)C(=O)NCc1ccccc1. The average Bonchev–Trinajstić information content (AvgIpc) is 2.61. The third kappa shape index (κ3) is 3.89. The van der Waals surface area contributed by atoms with Gasteiger partial charge < -0.3 is 10.6 Å². The fourth-order valence-corrected chi connectivity index (χ4v) is 2.71. The number of fused-ring (bicyclic) bond motifs is 1. The van der Waals surface area contributed by atoms with E-state index in [2.05, 4.69) is 36.5 Å². The van der Waals surface area contributed by atoms with Crippen LogP contribution in [0.25, 0.3) is 10.9 Å². The molecule has 0 radical (unpaired) electrons. The molecule has 5 nitrogen and oxygen atoms in total. The molecule has 6 heteroatoms. The third-order valence-corrected chi connectivity index (χ3v) is 4.15. The van der Waals surface area contributed by atoms with Crippen LogP contribution in [0.5, 0.6) is 0 Å². The summed E-state index contributed by atoms with van der Waals surface area (Å²) in [6, 6.07) is 15.2. The number of anilines is 1. The first-order valence-electron chi connectivity index (χ1n) is 7.62. The van der Waals surface area contributed by atoms with Gasteiger partial charge in [0.05, 0.1) is 5.52 Å². The molecule has 1 unspecified atom stereocenters. The van der Waals surface area contributed by atoms with Gasteiger partial charge in [0.15, 0.2) is 0 Å². The molecule has 1 aromatic heterocycles. The van der Waals surface area contributed by atoms with Gasteiger partial charge in [-0.05, 0) is 30.7 Å². The van der Waals surface area contributed by atoms with E-state index in [0.717, 1.165) is 20.9 Å². The van der Waals surface area contributed by atoms with Crippen molar-refractivity contribution in [3.63, 3.8) is 0 Å². The summed E-state index contributed by atoms with van der Waals surface area (Å²) in [5.74, 6) is 0.560. The van der Waals surface area contributed by atoms with E-state index in [-0.39, 0.29) is 5.91 Å². The lowest BCUT2D eigenvalue weighted by Gasteiger charge is -2.16. The van der Waals surface area contributed by atoms with Crippen LogP contribution in [0.3, 0.4) is 0 Å². The molecule has 3 rings (SSSR count). The maximum Gasteiger partial charge on any atom is 0.242 e. The zero-order valence-corrected chi connectivity index (χ0v) is 14.7. The van der Waals surface area contributed by atoms with Crippen LogP contribution in [0.2, 0.25) is 0 Å². The van der Waals surface area contributed by atoms with Gasteiger partial charge in [-0.25, -0.2) is 9.97 Å². The summed E-state index contributed by atoms with van der Waals surface area (Å²) in [5.41, 5.74) is 1.89. The van der Waals surface area contributed by atoms with Gasteiger partial charge in [-0.3, -0.25) is 4.79 Å². The predicted molar refractivity (Wildman–Crippen MR) is 98.6 cm³/mol. The summed E-state index contributed by atoms with van der Waals surface area (Å²) < 4.78 is 0.939. The number of hydrogen-bond acceptors (Lipinski definition) is 4. The van der Waals surface area contributed by atoms with Gasteiger partial charge in [-0.1, -0.05) is 46.3 Å². The van der Waals surface area contributed by atoms with E-state index in [0.29, 0.717) is 12.4 Å². The van der Waals surface area contributed by atoms with E-state index in [1.165, 1.54) is 6.33 Å². The lowest BCUT2D eigenvalue weighted by molar-refractivity contribution is -0.121. The van der Waals surface area contributed by atoms with Crippen LogP contribution in [-0.4, -0.2) is 21.9 Å². The number of aromatic nitrogens is 2. The Kier molecular flexibility index (Phi) is 5.05. The van der Waals surface area contributed by atoms with Gasteiger partial charge in [0, 0.05) is 16.4 Å². The van der Waals surface area contributed by atoms with Gasteiger partial charge in [-0.2, -0.15) is 0 Å². The predicted octanol–water partition coefficient (Wildman–Crippen LogP) is 3.51. The van der Waals surface area contributed by atoms with Gasteiger partial charge >= 0.3 is 0 Å². The number of amides is 1. The second kappa shape index (κ2) is 7.40. The smallest absolute Gasteiger partial charge is 0.242 e. The molecule has 24 heavy (non-hydrogen) atoms. The minimum atomic E-state index is -0.411. The maximum absolute atomic E-state index is 12.3. The molecule has 1 heterocycles. The van der Waals surface area contributed by atoms with Crippen molar-refractivity contribution in [3.05, 3.63) is 64.9 Å². The van der Waals surface area contributed by atoms with Crippen molar-refractivity contribution >= 4 is 38.6 Å². The fourth-order valence-electron chi connectivity index (χ4n) is 2.35. The summed E-state index contributed by atoms with van der Waals surface area (Å²) in [6.45, 7) is 2.31. The van der Waals surface area contributed by atoms with Crippen molar-refractivity contribution in [3.8, 4) is 0 Å². The Hall–Kier alpha value is -2.47. The minimum absolute atomic E-state index is 0.0828. The molecule has 1 amide bonds. The minimum Gasteiger partial charge on any atom is -0.358 e. The number of hydrogen-bond donors (Lipinski definition) is 2. The molecule has 0 aliphatic carbocycles. The number of benzene rings is 2. The summed E-state index contributed by atoms with van der Waals surface area (Å²) in [5, 5.41) is 6.96. The zero-order valence-electron chi connectivity index (χ0n) is 13.2. The summed E-state index contributed by atoms with van der Waals surface area (Å²) in [6.07, 6.45) is 1.49. The molecule has 2 N–H and O–H groups in total. The van der Waals surface area contributed by atoms with Gasteiger partial charge in [0.1, 0.15) is 18.2 Å². The molecule has 122 valence electrons. The second-order valence-electron chi connectivity index (χ2n) is 5.45. The lowest BCUT2D eigenvalue weighted by Crippen LogP contribution is -2.37. The number of nitrogens with zero attached hydrogens (tertiary/aromatic N) is 2. The van der Waals surface area contributed by atoms with Crippen molar-refractivity contribution < 1.29 is 4.79 Å². The number of rotatable bonds is 5. The second-order valence-corrected chi connectivity index (χ2v) is 6.37. The van der Waals surface area contributed by atoms with E-state index in [1.807, 2.05) is 55.5 Å². The third-order valence-electron chi connectivity index (χ3n) is 3.65. The van der Waals surface area contributed by atoms with Crippen molar-refractivity contribution in [1.29, 1.82) is 0 Å². The Morgan fingerprint density at radius 1 is 1.17 bits per heavy atom. The molecule has 1 atom stereocenters. The highest BCUT2D eigenvalue weighted by Gasteiger charge is 2.14. The highest BCUT2D eigenvalue weighted by atomic mass is 79.9. The quantitative estimate of drug-likeness (QED) is 0.706. The molecule has 0 saturated carbocycles. The number of nitrogens with one attached hydrogen (secondary N) is 2. The number of carbonyl (C=O) groups is 1. The van der Waals surface area contributed by atoms with E-state index < -0.39 is 6.04 Å². The Morgan fingerprint density at radius 2 is 1.96 bits per heavy atom. The van der Waals surface area contributed by atoms with Crippen LogP contribution in [0.15, 0.2) is 59.3 Å². The Labute approximate surface area is 148 Å². The van der Waals surface area contributed by atoms with Crippen molar-refractivity contribution in [1.82, 2.24) is 15.3 Å². The molecule has 0 fully saturated rings. The Morgan fingerprint density at radius 3 is 2.75 bits per heavy atom. The van der Waals surface area contributed by atoms with Crippen LogP contribution in [0, 0.1) is 0 Å². The Bertz CT molecular complexity index is 854. The van der Waals surface area contributed by atoms with E-state index in [9.17, 15) is 4.79 Å². The number of carbonyl (C=O) groups excluding carboxylic acids is 1. The summed E-state index contributed by atoms with van der Waals surface area (Å²) >= 11 is 3.45. The largest absolute Gasteiger partial charge is 0.358 e. The molecule has 0 bridgehead atoms. The van der Waals surface area contributed by atoms with Crippen molar-refractivity contribution in [2.45, 2.75) is 19.5 Å². The van der Waals surface area contributed by atoms with E-state index in [4.69, 9.17) is 0 Å². The van der Waals surface area contributed by atoms with Gasteiger partial charge in [0.25, 0.3) is 0 Å². The highest BCUT2D eigenvalue weighted by Crippen LogP contribution is 2.23. The first-order valence-corrected chi connectivity index (χ1v) is 8.41. The monoisotopic (exact) mass is 384 g/mol. The molecular weight excluding hydrogens is 368 g/mol. The van der Waals surface area contributed by atoms with Crippen molar-refractivity contribution in [2.24, 2.45) is 0 Å². The standard InChI is InChI=1S/C18H17BrN4O/c1-12(18(24)20-10-13-5-3-2-4-6-13)23-17-15-9-14(19)7-8-16(15)21-11-22-17/h2-9,11-12H,10H2,1H3,(H,20,24)(H,21,22,23). The van der Waals surface area contributed by atoms with Crippen LogP contribution in [0.1, 0.15) is 12.5 Å². The molecular formula is C18H17BrN4O. The topological polar surface area (TPSA) is 66.9 Å². The number of halogens is 1. The highest BCUT2D eigenvalue weighted by molar-refractivity contribution is 9.10. The average molecular weight is 385 g/mol. The lowest BCUT2D eigenvalue weighted by atomic mass is 10.2. The molecule has 3 aromatic rings. The van der Waals surface area contributed by atoms with E-state index in [1.54, 1.807) is 0 Å². The molecule has 0 aliphatic heterocycles. The van der Waals surface area contributed by atoms with Gasteiger partial charge in [0.2, 0.25) is 5.91 Å².